The Kier molecular flexibility index (Phi) is 5.02. The van der Waals surface area contributed by atoms with Gasteiger partial charge in [0, 0.05) is 18.2 Å². The van der Waals surface area contributed by atoms with Gasteiger partial charge in [0.25, 0.3) is 0 Å². The maximum absolute atomic E-state index is 5.72. The maximum Gasteiger partial charge on any atom is 0.138 e. The Hall–Kier alpha value is -1.81. The van der Waals surface area contributed by atoms with E-state index in [-0.39, 0.29) is 12.1 Å². The highest BCUT2D eigenvalue weighted by Gasteiger charge is 2.15. The van der Waals surface area contributed by atoms with Gasteiger partial charge in [-0.2, -0.15) is 0 Å². The fraction of sp³-hybridized carbons (Fsp3) is 0.471. The lowest BCUT2D eigenvalue weighted by molar-refractivity contribution is 0.242. The van der Waals surface area contributed by atoms with E-state index in [1.54, 1.807) is 0 Å². The minimum atomic E-state index is 0.189. The summed E-state index contributed by atoms with van der Waals surface area (Å²) >= 11 is 0. The topological polar surface area (TPSA) is 47.3 Å². The Morgan fingerprint density at radius 2 is 2.00 bits per heavy atom. The van der Waals surface area contributed by atoms with Crippen molar-refractivity contribution in [3.63, 3.8) is 0 Å². The molecule has 4 nitrogen and oxygen atoms in total. The monoisotopic (exact) mass is 288 g/mol. The quantitative estimate of drug-likeness (QED) is 0.875. The van der Waals surface area contributed by atoms with Crippen LogP contribution in [0.15, 0.2) is 28.8 Å². The number of aryl methyl sites for hydroxylation is 2. The van der Waals surface area contributed by atoms with E-state index in [0.717, 1.165) is 29.3 Å². The highest BCUT2D eigenvalue weighted by atomic mass is 16.5. The first-order valence-corrected chi connectivity index (χ1v) is 7.39. The highest BCUT2D eigenvalue weighted by Crippen LogP contribution is 2.22. The van der Waals surface area contributed by atoms with Gasteiger partial charge in [-0.25, -0.2) is 0 Å². The molecule has 0 fully saturated rings. The lowest BCUT2D eigenvalue weighted by Crippen LogP contribution is -2.19. The molecule has 0 aliphatic rings. The van der Waals surface area contributed by atoms with Crippen LogP contribution in [0.5, 0.6) is 5.75 Å². The van der Waals surface area contributed by atoms with Gasteiger partial charge in [-0.3, -0.25) is 0 Å². The molecule has 0 saturated carbocycles. The smallest absolute Gasteiger partial charge is 0.138 e. The zero-order chi connectivity index (χ0) is 15.4. The predicted octanol–water partition coefficient (Wildman–Crippen LogP) is 3.93. The van der Waals surface area contributed by atoms with E-state index >= 15 is 0 Å². The van der Waals surface area contributed by atoms with Crippen molar-refractivity contribution in [1.29, 1.82) is 0 Å². The largest absolute Gasteiger partial charge is 0.491 e. The molecule has 1 atom stereocenters. The molecule has 0 aliphatic carbocycles. The molecule has 2 aromatic rings. The van der Waals surface area contributed by atoms with Crippen molar-refractivity contribution >= 4 is 0 Å². The summed E-state index contributed by atoms with van der Waals surface area (Å²) in [6, 6.07) is 8.38. The normalized spacial score (nSPS) is 12.7. The van der Waals surface area contributed by atoms with Crippen molar-refractivity contribution in [2.24, 2.45) is 0 Å². The minimum absolute atomic E-state index is 0.189. The number of aromatic nitrogens is 1. The summed E-state index contributed by atoms with van der Waals surface area (Å²) in [6.07, 6.45) is 0.189. The van der Waals surface area contributed by atoms with Gasteiger partial charge in [0.15, 0.2) is 0 Å². The van der Waals surface area contributed by atoms with Gasteiger partial charge < -0.3 is 14.6 Å². The zero-order valence-electron chi connectivity index (χ0n) is 13.4. The number of nitrogens with zero attached hydrogens (tertiary/aromatic N) is 1. The van der Waals surface area contributed by atoms with Crippen molar-refractivity contribution in [3.05, 3.63) is 46.8 Å². The van der Waals surface area contributed by atoms with Crippen LogP contribution in [-0.2, 0) is 6.54 Å². The van der Waals surface area contributed by atoms with Gasteiger partial charge in [0.05, 0.1) is 11.8 Å². The van der Waals surface area contributed by atoms with Crippen LogP contribution in [0.1, 0.15) is 49.4 Å². The molecule has 0 amide bonds. The number of nitrogens with one attached hydrogen (secondary N) is 1. The molecule has 0 radical (unpaired) electrons. The molecular weight excluding hydrogens is 264 g/mol. The van der Waals surface area contributed by atoms with Gasteiger partial charge in [-0.05, 0) is 52.3 Å². The van der Waals surface area contributed by atoms with Crippen LogP contribution in [0, 0.1) is 13.8 Å². The van der Waals surface area contributed by atoms with E-state index in [4.69, 9.17) is 9.26 Å². The fourth-order valence-corrected chi connectivity index (χ4v) is 2.48. The van der Waals surface area contributed by atoms with E-state index in [0.29, 0.717) is 0 Å². The first-order chi connectivity index (χ1) is 9.97. The van der Waals surface area contributed by atoms with E-state index in [1.165, 1.54) is 5.56 Å². The molecule has 21 heavy (non-hydrogen) atoms. The molecule has 1 aromatic heterocycles. The van der Waals surface area contributed by atoms with Crippen molar-refractivity contribution in [1.82, 2.24) is 10.5 Å². The summed E-state index contributed by atoms with van der Waals surface area (Å²) < 4.78 is 10.9. The first-order valence-electron chi connectivity index (χ1n) is 7.39. The van der Waals surface area contributed by atoms with Crippen molar-refractivity contribution < 1.29 is 9.26 Å². The third-order valence-corrected chi connectivity index (χ3v) is 3.40. The SMILES string of the molecule is Cc1noc(C)c1C(C)NCc1cccc(OC(C)C)c1. The van der Waals surface area contributed by atoms with Gasteiger partial charge in [-0.15, -0.1) is 0 Å². The summed E-state index contributed by atoms with van der Waals surface area (Å²) in [7, 11) is 0. The molecular formula is C17H24N2O2. The molecule has 0 spiro atoms. The summed E-state index contributed by atoms with van der Waals surface area (Å²) in [4.78, 5) is 0. The van der Waals surface area contributed by atoms with E-state index in [2.05, 4.69) is 29.5 Å². The Morgan fingerprint density at radius 1 is 1.24 bits per heavy atom. The third-order valence-electron chi connectivity index (χ3n) is 3.40. The lowest BCUT2D eigenvalue weighted by Gasteiger charge is -2.15. The van der Waals surface area contributed by atoms with Crippen LogP contribution in [-0.4, -0.2) is 11.3 Å². The molecule has 1 heterocycles. The van der Waals surface area contributed by atoms with Gasteiger partial charge in [0.1, 0.15) is 11.5 Å². The van der Waals surface area contributed by atoms with Crippen molar-refractivity contribution in [2.45, 2.75) is 53.3 Å². The molecule has 1 N–H and O–H groups in total. The summed E-state index contributed by atoms with van der Waals surface area (Å²) in [5.74, 6) is 1.79. The number of ether oxygens (including phenoxy) is 1. The van der Waals surface area contributed by atoms with Crippen LogP contribution in [0.25, 0.3) is 0 Å². The van der Waals surface area contributed by atoms with Gasteiger partial charge >= 0.3 is 0 Å². The molecule has 1 unspecified atom stereocenters. The standard InChI is InChI=1S/C17H24N2O2/c1-11(2)20-16-8-6-7-15(9-16)10-18-12(3)17-13(4)19-21-14(17)5/h6-9,11-12,18H,10H2,1-5H3. The molecule has 4 heteroatoms. The molecule has 0 saturated heterocycles. The third kappa shape index (κ3) is 4.08. The lowest BCUT2D eigenvalue weighted by atomic mass is 10.1. The average molecular weight is 288 g/mol. The second-order valence-corrected chi connectivity index (χ2v) is 5.65. The Labute approximate surface area is 126 Å². The number of rotatable bonds is 6. The molecule has 114 valence electrons. The minimum Gasteiger partial charge on any atom is -0.491 e. The molecule has 2 rings (SSSR count). The zero-order valence-corrected chi connectivity index (χ0v) is 13.4. The predicted molar refractivity (Wildman–Crippen MR) is 83.4 cm³/mol. The second-order valence-electron chi connectivity index (χ2n) is 5.65. The van der Waals surface area contributed by atoms with Crippen LogP contribution in [0.4, 0.5) is 0 Å². The fourth-order valence-electron chi connectivity index (χ4n) is 2.48. The van der Waals surface area contributed by atoms with Crippen molar-refractivity contribution in [3.8, 4) is 5.75 Å². The summed E-state index contributed by atoms with van der Waals surface area (Å²) in [5, 5.41) is 7.51. The number of hydrogen-bond acceptors (Lipinski definition) is 4. The van der Waals surface area contributed by atoms with Crippen LogP contribution >= 0.6 is 0 Å². The van der Waals surface area contributed by atoms with E-state index < -0.39 is 0 Å². The number of benzene rings is 1. The van der Waals surface area contributed by atoms with Crippen LogP contribution < -0.4 is 10.1 Å². The second kappa shape index (κ2) is 6.76. The van der Waals surface area contributed by atoms with Crippen LogP contribution in [0.2, 0.25) is 0 Å². The maximum atomic E-state index is 5.72. The summed E-state index contributed by atoms with van der Waals surface area (Å²) in [5.41, 5.74) is 3.29. The summed E-state index contributed by atoms with van der Waals surface area (Å²) in [6.45, 7) is 10.9. The Balaban J connectivity index is 2.00. The molecule has 1 aromatic carbocycles. The highest BCUT2D eigenvalue weighted by molar-refractivity contribution is 5.29. The Bertz CT molecular complexity index is 571. The molecule has 0 bridgehead atoms. The Morgan fingerprint density at radius 3 is 2.62 bits per heavy atom. The van der Waals surface area contributed by atoms with Gasteiger partial charge in [-0.1, -0.05) is 17.3 Å². The van der Waals surface area contributed by atoms with E-state index in [1.807, 2.05) is 39.8 Å². The number of hydrogen-bond donors (Lipinski definition) is 1. The van der Waals surface area contributed by atoms with E-state index in [9.17, 15) is 0 Å². The first kappa shape index (κ1) is 15.6. The van der Waals surface area contributed by atoms with Crippen LogP contribution in [0.3, 0.4) is 0 Å². The molecule has 0 aliphatic heterocycles. The van der Waals surface area contributed by atoms with Gasteiger partial charge in [0.2, 0.25) is 0 Å². The average Bonchev–Trinajstić information content (AvgIpc) is 2.75. The van der Waals surface area contributed by atoms with Crippen molar-refractivity contribution in [2.75, 3.05) is 0 Å².